The number of anilines is 1. The van der Waals surface area contributed by atoms with Gasteiger partial charge in [-0.2, -0.15) is 0 Å². The van der Waals surface area contributed by atoms with Gasteiger partial charge >= 0.3 is 6.09 Å². The summed E-state index contributed by atoms with van der Waals surface area (Å²) < 4.78 is 11.0. The Morgan fingerprint density at radius 3 is 2.82 bits per heavy atom. The number of rotatable bonds is 8. The number of nitrogens with zero attached hydrogens (tertiary/aromatic N) is 2. The Morgan fingerprint density at radius 2 is 2.00 bits per heavy atom. The van der Waals surface area contributed by atoms with E-state index in [1.165, 1.54) is 11.3 Å². The Bertz CT molecular complexity index is 1220. The zero-order valence-corrected chi connectivity index (χ0v) is 20.0. The van der Waals surface area contributed by atoms with Crippen molar-refractivity contribution in [2.75, 3.05) is 24.6 Å². The van der Waals surface area contributed by atoms with Gasteiger partial charge in [0.1, 0.15) is 17.2 Å². The number of hydrogen-bond donors (Lipinski definition) is 2. The Hall–Kier alpha value is -3.55. The Labute approximate surface area is 199 Å². The molecule has 0 saturated carbocycles. The lowest BCUT2D eigenvalue weighted by molar-refractivity contribution is 0.0526. The predicted molar refractivity (Wildman–Crippen MR) is 133 cm³/mol. The molecule has 0 unspecified atom stereocenters. The molecule has 0 spiro atoms. The first-order valence-electron chi connectivity index (χ1n) is 11.7. The van der Waals surface area contributed by atoms with Crippen molar-refractivity contribution >= 4 is 22.7 Å². The number of hydrogen-bond acceptors (Lipinski definition) is 6. The van der Waals surface area contributed by atoms with Crippen LogP contribution in [0, 0.1) is 0 Å². The van der Waals surface area contributed by atoms with E-state index in [-0.39, 0.29) is 5.56 Å². The van der Waals surface area contributed by atoms with Crippen molar-refractivity contribution < 1.29 is 14.3 Å². The maximum Gasteiger partial charge on any atom is 0.407 e. The van der Waals surface area contributed by atoms with Crippen LogP contribution >= 0.6 is 0 Å². The summed E-state index contributed by atoms with van der Waals surface area (Å²) in [4.78, 5) is 34.2. The number of carbonyl (C=O) groups is 1. The van der Waals surface area contributed by atoms with Crippen molar-refractivity contribution in [2.24, 2.45) is 0 Å². The molecule has 2 N–H and O–H groups in total. The van der Waals surface area contributed by atoms with E-state index >= 15 is 0 Å². The normalized spacial score (nSPS) is 13.1. The zero-order chi connectivity index (χ0) is 24.1. The van der Waals surface area contributed by atoms with Gasteiger partial charge in [0.25, 0.3) is 5.56 Å². The molecule has 0 bridgehead atoms. The van der Waals surface area contributed by atoms with E-state index in [4.69, 9.17) is 9.47 Å². The molecule has 2 aromatic carbocycles. The number of unbranched alkanes of at least 4 members (excludes halogenated alkanes) is 1. The standard InChI is InChI=1S/C26H32N4O4/c1-26(2,3)34-25(32)27-13-6-7-15-33-19-10-11-21-20(16-19)24(31)29-23(28-21)17-30-14-12-18-8-4-5-9-22(18)30/h4-5,8-11,16H,6-7,12-15,17H2,1-3H3,(H,27,32)(H,28,29,31). The molecule has 0 radical (unpaired) electrons. The van der Waals surface area contributed by atoms with Crippen molar-refractivity contribution in [3.05, 3.63) is 64.2 Å². The summed E-state index contributed by atoms with van der Waals surface area (Å²) in [5.74, 6) is 1.28. The highest BCUT2D eigenvalue weighted by Gasteiger charge is 2.19. The predicted octanol–water partition coefficient (Wildman–Crippen LogP) is 4.17. The molecule has 2 heterocycles. The summed E-state index contributed by atoms with van der Waals surface area (Å²) in [5, 5.41) is 3.24. The number of aromatic amines is 1. The van der Waals surface area contributed by atoms with Gasteiger partial charge in [0.15, 0.2) is 0 Å². The average Bonchev–Trinajstić information content (AvgIpc) is 3.18. The fraction of sp³-hybridized carbons (Fsp3) is 0.423. The SMILES string of the molecule is CC(C)(C)OC(=O)NCCCCOc1ccc2nc(CN3CCc4ccccc43)[nH]c(=O)c2c1. The van der Waals surface area contributed by atoms with Crippen molar-refractivity contribution in [3.8, 4) is 5.75 Å². The number of alkyl carbamates (subject to hydrolysis) is 1. The van der Waals surface area contributed by atoms with Crippen LogP contribution in [0.3, 0.4) is 0 Å². The van der Waals surface area contributed by atoms with Crippen molar-refractivity contribution in [1.82, 2.24) is 15.3 Å². The van der Waals surface area contributed by atoms with Gasteiger partial charge in [-0.15, -0.1) is 0 Å². The molecule has 4 rings (SSSR count). The van der Waals surface area contributed by atoms with Crippen molar-refractivity contribution in [2.45, 2.75) is 52.2 Å². The van der Waals surface area contributed by atoms with E-state index in [1.54, 1.807) is 6.07 Å². The van der Waals surface area contributed by atoms with Gasteiger partial charge in [-0.1, -0.05) is 18.2 Å². The van der Waals surface area contributed by atoms with Crippen LogP contribution in [-0.4, -0.2) is 41.4 Å². The van der Waals surface area contributed by atoms with E-state index in [0.29, 0.717) is 42.2 Å². The minimum absolute atomic E-state index is 0.167. The van der Waals surface area contributed by atoms with Crippen LogP contribution in [-0.2, 0) is 17.7 Å². The highest BCUT2D eigenvalue weighted by molar-refractivity contribution is 5.79. The number of amides is 1. The fourth-order valence-electron chi connectivity index (χ4n) is 4.00. The highest BCUT2D eigenvalue weighted by Crippen LogP contribution is 2.28. The maximum absolute atomic E-state index is 12.7. The molecule has 1 aliphatic rings. The number of ether oxygens (including phenoxy) is 2. The van der Waals surface area contributed by atoms with Crippen LogP contribution < -0.4 is 20.5 Å². The summed E-state index contributed by atoms with van der Waals surface area (Å²) in [6.45, 7) is 7.98. The molecule has 0 aliphatic carbocycles. The topological polar surface area (TPSA) is 96.6 Å². The first kappa shape index (κ1) is 23.6. The van der Waals surface area contributed by atoms with E-state index < -0.39 is 11.7 Å². The van der Waals surface area contributed by atoms with Gasteiger partial charge < -0.3 is 24.7 Å². The van der Waals surface area contributed by atoms with Crippen LogP contribution in [0.5, 0.6) is 5.75 Å². The lowest BCUT2D eigenvalue weighted by atomic mass is 10.2. The Morgan fingerprint density at radius 1 is 1.18 bits per heavy atom. The molecule has 0 atom stereocenters. The first-order chi connectivity index (χ1) is 16.3. The van der Waals surface area contributed by atoms with Crippen LogP contribution in [0.15, 0.2) is 47.3 Å². The Balaban J connectivity index is 1.29. The molecule has 3 aromatic rings. The van der Waals surface area contributed by atoms with E-state index in [9.17, 15) is 9.59 Å². The number of H-pyrrole nitrogens is 1. The van der Waals surface area contributed by atoms with Crippen LogP contribution in [0.1, 0.15) is 45.0 Å². The quantitative estimate of drug-likeness (QED) is 0.486. The summed E-state index contributed by atoms with van der Waals surface area (Å²) in [5.41, 5.74) is 2.51. The van der Waals surface area contributed by atoms with Gasteiger partial charge in [0.2, 0.25) is 0 Å². The molecular weight excluding hydrogens is 432 g/mol. The number of aromatic nitrogens is 2. The summed E-state index contributed by atoms with van der Waals surface area (Å²) in [6.07, 6.45) is 2.12. The van der Waals surface area contributed by atoms with Crippen molar-refractivity contribution in [1.29, 1.82) is 0 Å². The molecular formula is C26H32N4O4. The largest absolute Gasteiger partial charge is 0.494 e. The second kappa shape index (κ2) is 10.2. The van der Waals surface area contributed by atoms with Crippen molar-refractivity contribution in [3.63, 3.8) is 0 Å². The van der Waals surface area contributed by atoms with Gasteiger partial charge in [0, 0.05) is 18.8 Å². The lowest BCUT2D eigenvalue weighted by Gasteiger charge is -2.19. The second-order valence-corrected chi connectivity index (χ2v) is 9.48. The van der Waals surface area contributed by atoms with Gasteiger partial charge in [-0.25, -0.2) is 9.78 Å². The number of nitrogens with one attached hydrogen (secondary N) is 2. The molecule has 0 saturated heterocycles. The minimum Gasteiger partial charge on any atom is -0.494 e. The van der Waals surface area contributed by atoms with E-state index in [1.807, 2.05) is 39.0 Å². The maximum atomic E-state index is 12.7. The molecule has 180 valence electrons. The third kappa shape index (κ3) is 6.07. The third-order valence-electron chi connectivity index (χ3n) is 5.56. The molecule has 1 amide bonds. The summed E-state index contributed by atoms with van der Waals surface area (Å²) in [6, 6.07) is 13.7. The summed E-state index contributed by atoms with van der Waals surface area (Å²) in [7, 11) is 0. The smallest absolute Gasteiger partial charge is 0.407 e. The van der Waals surface area contributed by atoms with Crippen LogP contribution in [0.4, 0.5) is 10.5 Å². The molecule has 1 aliphatic heterocycles. The van der Waals surface area contributed by atoms with Gasteiger partial charge in [-0.05, 0) is 69.9 Å². The number of para-hydroxylation sites is 1. The monoisotopic (exact) mass is 464 g/mol. The fourth-order valence-corrected chi connectivity index (χ4v) is 4.00. The average molecular weight is 465 g/mol. The van der Waals surface area contributed by atoms with E-state index in [2.05, 4.69) is 38.4 Å². The lowest BCUT2D eigenvalue weighted by Crippen LogP contribution is -2.33. The summed E-state index contributed by atoms with van der Waals surface area (Å²) >= 11 is 0. The van der Waals surface area contributed by atoms with Gasteiger partial charge in [-0.3, -0.25) is 4.79 Å². The van der Waals surface area contributed by atoms with Crippen LogP contribution in [0.2, 0.25) is 0 Å². The second-order valence-electron chi connectivity index (χ2n) is 9.48. The Kier molecular flexibility index (Phi) is 7.05. The van der Waals surface area contributed by atoms with E-state index in [0.717, 1.165) is 25.8 Å². The third-order valence-corrected chi connectivity index (χ3v) is 5.56. The molecule has 8 nitrogen and oxygen atoms in total. The molecule has 1 aromatic heterocycles. The van der Waals surface area contributed by atoms with Gasteiger partial charge in [0.05, 0.1) is 24.1 Å². The minimum atomic E-state index is -0.504. The molecule has 8 heteroatoms. The zero-order valence-electron chi connectivity index (χ0n) is 20.0. The number of carbonyl (C=O) groups excluding carboxylic acids is 1. The number of fused-ring (bicyclic) bond motifs is 2. The highest BCUT2D eigenvalue weighted by atomic mass is 16.6. The molecule has 0 fully saturated rings. The molecule has 34 heavy (non-hydrogen) atoms. The first-order valence-corrected chi connectivity index (χ1v) is 11.7. The van der Waals surface area contributed by atoms with Crippen LogP contribution in [0.25, 0.3) is 10.9 Å². The number of benzene rings is 2.